The quantitative estimate of drug-likeness (QED) is 0.849. The molecule has 0 spiro atoms. The molecular formula is C15H21NO3. The number of carboxylic acid groups (broad SMARTS) is 1. The molecule has 1 amide bonds. The zero-order chi connectivity index (χ0) is 14.6. The fourth-order valence-electron chi connectivity index (χ4n) is 2.00. The monoisotopic (exact) mass is 263 g/mol. The average Bonchev–Trinajstić information content (AvgIpc) is 2.27. The molecule has 19 heavy (non-hydrogen) atoms. The van der Waals surface area contributed by atoms with Gasteiger partial charge in [-0.3, -0.25) is 9.59 Å². The van der Waals surface area contributed by atoms with E-state index in [2.05, 4.69) is 0 Å². The van der Waals surface area contributed by atoms with E-state index in [-0.39, 0.29) is 5.91 Å². The van der Waals surface area contributed by atoms with Gasteiger partial charge in [-0.05, 0) is 11.0 Å². The summed E-state index contributed by atoms with van der Waals surface area (Å²) in [6.07, 6.45) is 0. The highest BCUT2D eigenvalue weighted by Crippen LogP contribution is 2.28. The van der Waals surface area contributed by atoms with E-state index in [9.17, 15) is 14.7 Å². The second-order valence-electron chi connectivity index (χ2n) is 5.82. The van der Waals surface area contributed by atoms with E-state index in [0.29, 0.717) is 6.54 Å². The Balaban J connectivity index is 2.83. The lowest BCUT2D eigenvalue weighted by Crippen LogP contribution is -2.43. The van der Waals surface area contributed by atoms with Gasteiger partial charge in [0.1, 0.15) is 5.92 Å². The van der Waals surface area contributed by atoms with Gasteiger partial charge in [0.2, 0.25) is 5.91 Å². The van der Waals surface area contributed by atoms with E-state index < -0.39 is 17.3 Å². The number of benzene rings is 1. The Morgan fingerprint density at radius 2 is 1.74 bits per heavy atom. The van der Waals surface area contributed by atoms with E-state index in [0.717, 1.165) is 5.56 Å². The molecule has 0 heterocycles. The highest BCUT2D eigenvalue weighted by molar-refractivity contribution is 5.97. The highest BCUT2D eigenvalue weighted by atomic mass is 16.4. The van der Waals surface area contributed by atoms with Crippen LogP contribution >= 0.6 is 0 Å². The molecule has 4 nitrogen and oxygen atoms in total. The van der Waals surface area contributed by atoms with Crippen molar-refractivity contribution in [1.29, 1.82) is 0 Å². The molecule has 104 valence electrons. The van der Waals surface area contributed by atoms with Crippen molar-refractivity contribution in [3.8, 4) is 0 Å². The summed E-state index contributed by atoms with van der Waals surface area (Å²) in [7, 11) is 1.64. The molecule has 4 heteroatoms. The first-order valence-corrected chi connectivity index (χ1v) is 6.25. The number of carbonyl (C=O) groups excluding carboxylic acids is 1. The van der Waals surface area contributed by atoms with Crippen LogP contribution in [0.5, 0.6) is 0 Å². The molecule has 1 rings (SSSR count). The third-order valence-electron chi connectivity index (χ3n) is 3.00. The Kier molecular flexibility index (Phi) is 4.70. The molecule has 1 N–H and O–H groups in total. The minimum atomic E-state index is -1.07. The fraction of sp³-hybridized carbons (Fsp3) is 0.467. The summed E-state index contributed by atoms with van der Waals surface area (Å²) in [6.45, 7) is 5.71. The standard InChI is InChI=1S/C15H21NO3/c1-15(2,3)12(14(18)19)13(17)16(4)10-11-8-6-5-7-9-11/h5-9,12H,10H2,1-4H3,(H,18,19). The third kappa shape index (κ3) is 4.09. The average molecular weight is 263 g/mol. The van der Waals surface area contributed by atoms with Crippen LogP contribution in [0.4, 0.5) is 0 Å². The van der Waals surface area contributed by atoms with Gasteiger partial charge in [0.05, 0.1) is 0 Å². The lowest BCUT2D eigenvalue weighted by molar-refractivity contribution is -0.155. The number of nitrogens with zero attached hydrogens (tertiary/aromatic N) is 1. The fourth-order valence-corrected chi connectivity index (χ4v) is 2.00. The molecule has 0 radical (unpaired) electrons. The van der Waals surface area contributed by atoms with Crippen LogP contribution in [0.25, 0.3) is 0 Å². The van der Waals surface area contributed by atoms with Crippen molar-refractivity contribution in [3.63, 3.8) is 0 Å². The maximum atomic E-state index is 12.3. The van der Waals surface area contributed by atoms with E-state index in [1.54, 1.807) is 27.8 Å². The molecule has 1 atom stereocenters. The molecule has 0 fully saturated rings. The summed E-state index contributed by atoms with van der Waals surface area (Å²) >= 11 is 0. The SMILES string of the molecule is CN(Cc1ccccc1)C(=O)C(C(=O)O)C(C)(C)C. The van der Waals surface area contributed by atoms with Crippen LogP contribution in [0.1, 0.15) is 26.3 Å². The number of aliphatic carboxylic acids is 1. The minimum Gasteiger partial charge on any atom is -0.481 e. The molecule has 0 aromatic heterocycles. The first kappa shape index (κ1) is 15.2. The maximum absolute atomic E-state index is 12.3. The van der Waals surface area contributed by atoms with Crippen molar-refractivity contribution in [1.82, 2.24) is 4.90 Å². The van der Waals surface area contributed by atoms with Crippen LogP contribution in [0.2, 0.25) is 0 Å². The van der Waals surface area contributed by atoms with Crippen LogP contribution in [-0.2, 0) is 16.1 Å². The van der Waals surface area contributed by atoms with E-state index >= 15 is 0 Å². The maximum Gasteiger partial charge on any atom is 0.316 e. The second kappa shape index (κ2) is 5.87. The lowest BCUT2D eigenvalue weighted by Gasteiger charge is -2.30. The van der Waals surface area contributed by atoms with Crippen LogP contribution in [0.3, 0.4) is 0 Å². The molecule has 1 aromatic rings. The van der Waals surface area contributed by atoms with Crippen molar-refractivity contribution in [2.75, 3.05) is 7.05 Å². The number of carbonyl (C=O) groups is 2. The van der Waals surface area contributed by atoms with Crippen molar-refractivity contribution in [2.24, 2.45) is 11.3 Å². The summed E-state index contributed by atoms with van der Waals surface area (Å²) in [5.74, 6) is -2.46. The summed E-state index contributed by atoms with van der Waals surface area (Å²) in [4.78, 5) is 25.0. The van der Waals surface area contributed by atoms with E-state index in [4.69, 9.17) is 0 Å². The summed E-state index contributed by atoms with van der Waals surface area (Å²) < 4.78 is 0. The summed E-state index contributed by atoms with van der Waals surface area (Å²) in [5, 5.41) is 9.25. The lowest BCUT2D eigenvalue weighted by atomic mass is 9.80. The van der Waals surface area contributed by atoms with Crippen molar-refractivity contribution < 1.29 is 14.7 Å². The van der Waals surface area contributed by atoms with Crippen LogP contribution < -0.4 is 0 Å². The normalized spacial score (nSPS) is 12.8. The first-order chi connectivity index (χ1) is 8.73. The van der Waals surface area contributed by atoms with E-state index in [1.165, 1.54) is 4.90 Å². The Morgan fingerprint density at radius 1 is 1.21 bits per heavy atom. The molecule has 0 aliphatic heterocycles. The van der Waals surface area contributed by atoms with Gasteiger partial charge in [-0.1, -0.05) is 51.1 Å². The number of hydrogen-bond donors (Lipinski definition) is 1. The zero-order valence-corrected chi connectivity index (χ0v) is 11.9. The minimum absolute atomic E-state index is 0.358. The van der Waals surface area contributed by atoms with E-state index in [1.807, 2.05) is 30.3 Å². The zero-order valence-electron chi connectivity index (χ0n) is 11.9. The molecular weight excluding hydrogens is 242 g/mol. The topological polar surface area (TPSA) is 57.6 Å². The smallest absolute Gasteiger partial charge is 0.316 e. The van der Waals surface area contributed by atoms with Crippen LogP contribution in [0, 0.1) is 11.3 Å². The first-order valence-electron chi connectivity index (χ1n) is 6.25. The van der Waals surface area contributed by atoms with Crippen molar-refractivity contribution in [2.45, 2.75) is 27.3 Å². The van der Waals surface area contributed by atoms with Gasteiger partial charge in [0.15, 0.2) is 0 Å². The summed E-state index contributed by atoms with van der Waals surface area (Å²) in [6, 6.07) is 9.52. The Hall–Kier alpha value is -1.84. The second-order valence-corrected chi connectivity index (χ2v) is 5.82. The number of carboxylic acids is 1. The predicted molar refractivity (Wildman–Crippen MR) is 73.5 cm³/mol. The Bertz CT molecular complexity index is 448. The van der Waals surface area contributed by atoms with Crippen molar-refractivity contribution in [3.05, 3.63) is 35.9 Å². The molecule has 1 unspecified atom stereocenters. The van der Waals surface area contributed by atoms with Crippen LogP contribution in [0.15, 0.2) is 30.3 Å². The number of rotatable bonds is 4. The van der Waals surface area contributed by atoms with Gasteiger partial charge in [0.25, 0.3) is 0 Å². The molecule has 0 aliphatic carbocycles. The van der Waals surface area contributed by atoms with Gasteiger partial charge < -0.3 is 10.0 Å². The van der Waals surface area contributed by atoms with Crippen molar-refractivity contribution >= 4 is 11.9 Å². The Morgan fingerprint density at radius 3 is 2.16 bits per heavy atom. The predicted octanol–water partition coefficient (Wildman–Crippen LogP) is 2.39. The largest absolute Gasteiger partial charge is 0.481 e. The van der Waals surface area contributed by atoms with Gasteiger partial charge in [-0.15, -0.1) is 0 Å². The molecule has 0 bridgehead atoms. The third-order valence-corrected chi connectivity index (χ3v) is 3.00. The molecule has 0 saturated heterocycles. The molecule has 0 saturated carbocycles. The number of hydrogen-bond acceptors (Lipinski definition) is 2. The summed E-state index contributed by atoms with van der Waals surface area (Å²) in [5.41, 5.74) is 0.379. The highest BCUT2D eigenvalue weighted by Gasteiger charge is 2.39. The molecule has 1 aromatic carbocycles. The van der Waals surface area contributed by atoms with Gasteiger partial charge in [-0.2, -0.15) is 0 Å². The van der Waals surface area contributed by atoms with Gasteiger partial charge in [0, 0.05) is 13.6 Å². The van der Waals surface area contributed by atoms with Gasteiger partial charge in [-0.25, -0.2) is 0 Å². The Labute approximate surface area is 114 Å². The molecule has 0 aliphatic rings. The van der Waals surface area contributed by atoms with Crippen LogP contribution in [-0.4, -0.2) is 28.9 Å². The number of amides is 1. The van der Waals surface area contributed by atoms with Gasteiger partial charge >= 0.3 is 5.97 Å².